The molecule has 0 amide bonds. The Morgan fingerprint density at radius 2 is 1.50 bits per heavy atom. The van der Waals surface area contributed by atoms with Crippen LogP contribution in [0.4, 0.5) is 0 Å². The van der Waals surface area contributed by atoms with Crippen LogP contribution in [0.5, 0.6) is 0 Å². The van der Waals surface area contributed by atoms with Crippen LogP contribution >= 0.6 is 0 Å². The smallest absolute Gasteiger partial charge is 0.0206 e. The van der Waals surface area contributed by atoms with E-state index in [4.69, 9.17) is 0 Å². The molecule has 0 bridgehead atoms. The highest BCUT2D eigenvalue weighted by Crippen LogP contribution is 2.21. The number of benzene rings is 1. The summed E-state index contributed by atoms with van der Waals surface area (Å²) in [6, 6.07) is 8.94. The summed E-state index contributed by atoms with van der Waals surface area (Å²) in [5.74, 6) is 0. The molecule has 0 heterocycles. The van der Waals surface area contributed by atoms with Crippen molar-refractivity contribution in [1.82, 2.24) is 10.6 Å². The van der Waals surface area contributed by atoms with E-state index in [2.05, 4.69) is 62.6 Å². The average molecular weight is 248 g/mol. The molecule has 2 N–H and O–H groups in total. The van der Waals surface area contributed by atoms with E-state index >= 15 is 0 Å². The Hall–Kier alpha value is -0.860. The maximum Gasteiger partial charge on any atom is 0.0206 e. The van der Waals surface area contributed by atoms with E-state index in [9.17, 15) is 0 Å². The number of hydrogen-bond donors (Lipinski definition) is 2. The van der Waals surface area contributed by atoms with Crippen molar-refractivity contribution < 1.29 is 0 Å². The van der Waals surface area contributed by atoms with E-state index in [1.54, 1.807) is 0 Å². The molecule has 18 heavy (non-hydrogen) atoms. The van der Waals surface area contributed by atoms with Gasteiger partial charge in [-0.05, 0) is 29.5 Å². The molecule has 0 atom stereocenters. The fourth-order valence-electron chi connectivity index (χ4n) is 1.83. The Balaban J connectivity index is 2.27. The Bertz CT molecular complexity index is 322. The van der Waals surface area contributed by atoms with E-state index in [-0.39, 0.29) is 5.41 Å². The molecule has 0 aliphatic heterocycles. The lowest BCUT2D eigenvalue weighted by molar-refractivity contribution is 0.588. The van der Waals surface area contributed by atoms with Gasteiger partial charge in [-0.25, -0.2) is 0 Å². The Morgan fingerprint density at radius 1 is 0.889 bits per heavy atom. The fourth-order valence-corrected chi connectivity index (χ4v) is 1.83. The van der Waals surface area contributed by atoms with Crippen LogP contribution in [0.3, 0.4) is 0 Å². The molecular weight excluding hydrogens is 220 g/mol. The van der Waals surface area contributed by atoms with Gasteiger partial charge in [0.1, 0.15) is 0 Å². The minimum atomic E-state index is 0.246. The molecule has 2 nitrogen and oxygen atoms in total. The van der Waals surface area contributed by atoms with Gasteiger partial charge in [-0.1, -0.05) is 52.0 Å². The zero-order chi connectivity index (χ0) is 13.4. The van der Waals surface area contributed by atoms with E-state index in [0.717, 1.165) is 26.2 Å². The summed E-state index contributed by atoms with van der Waals surface area (Å²) in [6.45, 7) is 13.1. The zero-order valence-electron chi connectivity index (χ0n) is 12.3. The second-order valence-corrected chi connectivity index (χ2v) is 5.87. The Morgan fingerprint density at radius 3 is 2.06 bits per heavy atom. The Labute approximate surface area is 112 Å². The van der Waals surface area contributed by atoms with Gasteiger partial charge in [0.15, 0.2) is 0 Å². The second-order valence-electron chi connectivity index (χ2n) is 5.87. The third-order valence-corrected chi connectivity index (χ3v) is 3.05. The molecule has 0 aromatic heterocycles. The first-order chi connectivity index (χ1) is 8.54. The summed E-state index contributed by atoms with van der Waals surface area (Å²) in [5, 5.41) is 6.84. The van der Waals surface area contributed by atoms with E-state index in [0.29, 0.717) is 0 Å². The number of hydrogen-bond acceptors (Lipinski definition) is 2. The molecule has 1 aromatic rings. The predicted molar refractivity (Wildman–Crippen MR) is 80.0 cm³/mol. The van der Waals surface area contributed by atoms with Gasteiger partial charge in [0.2, 0.25) is 0 Å². The van der Waals surface area contributed by atoms with Gasteiger partial charge >= 0.3 is 0 Å². The van der Waals surface area contributed by atoms with E-state index in [1.165, 1.54) is 17.5 Å². The quantitative estimate of drug-likeness (QED) is 0.725. The fraction of sp³-hybridized carbons (Fsp3) is 0.625. The van der Waals surface area contributed by atoms with Crippen LogP contribution < -0.4 is 10.6 Å². The van der Waals surface area contributed by atoms with Crippen LogP contribution in [0.2, 0.25) is 0 Å². The van der Waals surface area contributed by atoms with Gasteiger partial charge in [0.25, 0.3) is 0 Å². The van der Waals surface area contributed by atoms with Crippen molar-refractivity contribution in [3.05, 3.63) is 35.4 Å². The first-order valence-electron chi connectivity index (χ1n) is 7.05. The van der Waals surface area contributed by atoms with Crippen molar-refractivity contribution >= 4 is 0 Å². The molecule has 0 unspecified atom stereocenters. The van der Waals surface area contributed by atoms with Crippen LogP contribution in [0, 0.1) is 0 Å². The largest absolute Gasteiger partial charge is 0.315 e. The minimum Gasteiger partial charge on any atom is -0.315 e. The van der Waals surface area contributed by atoms with Crippen LogP contribution in [-0.2, 0) is 12.0 Å². The van der Waals surface area contributed by atoms with E-state index < -0.39 is 0 Å². The standard InChI is InChI=1S/C16H28N2/c1-5-10-17-11-12-18-13-14-6-8-15(9-7-14)16(2,3)4/h6-9,17-18H,5,10-13H2,1-4H3. The molecular formula is C16H28N2. The van der Waals surface area contributed by atoms with Gasteiger partial charge in [-0.3, -0.25) is 0 Å². The molecule has 0 aliphatic rings. The van der Waals surface area contributed by atoms with Gasteiger partial charge in [-0.2, -0.15) is 0 Å². The van der Waals surface area contributed by atoms with Gasteiger partial charge in [0, 0.05) is 19.6 Å². The number of nitrogens with one attached hydrogen (secondary N) is 2. The molecule has 0 spiro atoms. The van der Waals surface area contributed by atoms with Crippen LogP contribution in [0.25, 0.3) is 0 Å². The molecule has 0 saturated carbocycles. The van der Waals surface area contributed by atoms with Crippen molar-refractivity contribution in [3.63, 3.8) is 0 Å². The summed E-state index contributed by atoms with van der Waals surface area (Å²) in [4.78, 5) is 0. The predicted octanol–water partition coefficient (Wildman–Crippen LogP) is 3.07. The van der Waals surface area contributed by atoms with Crippen LogP contribution in [0.15, 0.2) is 24.3 Å². The van der Waals surface area contributed by atoms with Gasteiger partial charge in [0.05, 0.1) is 0 Å². The molecule has 0 fully saturated rings. The highest BCUT2D eigenvalue weighted by atomic mass is 14.9. The van der Waals surface area contributed by atoms with Crippen molar-refractivity contribution in [3.8, 4) is 0 Å². The topological polar surface area (TPSA) is 24.1 Å². The molecule has 1 rings (SSSR count). The molecule has 1 aromatic carbocycles. The number of rotatable bonds is 7. The zero-order valence-corrected chi connectivity index (χ0v) is 12.3. The summed E-state index contributed by atoms with van der Waals surface area (Å²) in [6.07, 6.45) is 1.20. The monoisotopic (exact) mass is 248 g/mol. The highest BCUT2D eigenvalue weighted by molar-refractivity contribution is 5.27. The lowest BCUT2D eigenvalue weighted by atomic mass is 9.87. The summed E-state index contributed by atoms with van der Waals surface area (Å²) in [7, 11) is 0. The normalized spacial score (nSPS) is 11.8. The minimum absolute atomic E-state index is 0.246. The van der Waals surface area contributed by atoms with Gasteiger partial charge in [-0.15, -0.1) is 0 Å². The van der Waals surface area contributed by atoms with Crippen molar-refractivity contribution in [1.29, 1.82) is 0 Å². The third kappa shape index (κ3) is 5.65. The molecule has 0 saturated heterocycles. The maximum atomic E-state index is 3.46. The van der Waals surface area contributed by atoms with Crippen molar-refractivity contribution in [2.45, 2.75) is 46.1 Å². The summed E-state index contributed by atoms with van der Waals surface area (Å²) >= 11 is 0. The maximum absolute atomic E-state index is 3.46. The molecule has 2 heteroatoms. The first-order valence-corrected chi connectivity index (χ1v) is 7.05. The van der Waals surface area contributed by atoms with Crippen molar-refractivity contribution in [2.24, 2.45) is 0 Å². The second kappa shape index (κ2) is 7.55. The van der Waals surface area contributed by atoms with Crippen LogP contribution in [-0.4, -0.2) is 19.6 Å². The first kappa shape index (κ1) is 15.2. The van der Waals surface area contributed by atoms with Crippen molar-refractivity contribution in [2.75, 3.05) is 19.6 Å². The van der Waals surface area contributed by atoms with Gasteiger partial charge < -0.3 is 10.6 Å². The molecule has 0 radical (unpaired) electrons. The SMILES string of the molecule is CCCNCCNCc1ccc(C(C)(C)C)cc1. The lowest BCUT2D eigenvalue weighted by Crippen LogP contribution is -2.27. The average Bonchev–Trinajstić information content (AvgIpc) is 2.33. The summed E-state index contributed by atoms with van der Waals surface area (Å²) < 4.78 is 0. The van der Waals surface area contributed by atoms with E-state index in [1.807, 2.05) is 0 Å². The highest BCUT2D eigenvalue weighted by Gasteiger charge is 2.12. The lowest BCUT2D eigenvalue weighted by Gasteiger charge is -2.19. The van der Waals surface area contributed by atoms with Crippen LogP contribution in [0.1, 0.15) is 45.2 Å². The third-order valence-electron chi connectivity index (χ3n) is 3.05. The molecule has 102 valence electrons. The Kier molecular flexibility index (Phi) is 6.37. The molecule has 0 aliphatic carbocycles. The summed E-state index contributed by atoms with van der Waals surface area (Å²) in [5.41, 5.74) is 3.00.